The second kappa shape index (κ2) is 4.22. The normalized spacial score (nSPS) is 10.8. The van der Waals surface area contributed by atoms with Gasteiger partial charge in [-0.3, -0.25) is 4.79 Å². The average Bonchev–Trinajstić information content (AvgIpc) is 2.07. The summed E-state index contributed by atoms with van der Waals surface area (Å²) < 4.78 is 0. The van der Waals surface area contributed by atoms with Gasteiger partial charge in [0.05, 0.1) is 0 Å². The minimum Gasteiger partial charge on any atom is -0.508 e. The predicted molar refractivity (Wildman–Crippen MR) is 51.6 cm³/mol. The van der Waals surface area contributed by atoms with Gasteiger partial charge in [-0.25, -0.2) is 0 Å². The molecule has 0 saturated heterocycles. The van der Waals surface area contributed by atoms with Gasteiger partial charge in [0.15, 0.2) is 0 Å². The lowest BCUT2D eigenvalue weighted by Gasteiger charge is -2.01. The maximum atomic E-state index is 10.1. The third-order valence-corrected chi connectivity index (χ3v) is 2.43. The van der Waals surface area contributed by atoms with Gasteiger partial charge in [-0.15, -0.1) is 0 Å². The van der Waals surface area contributed by atoms with E-state index < -0.39 is 0 Å². The van der Waals surface area contributed by atoms with Crippen LogP contribution >= 0.6 is 8.58 Å². The van der Waals surface area contributed by atoms with E-state index in [0.29, 0.717) is 14.3 Å². The Morgan fingerprint density at radius 1 is 1.58 bits per heavy atom. The Balaban J connectivity index is 2.75. The number of phenols is 1. The first-order valence-corrected chi connectivity index (χ1v) is 4.98. The van der Waals surface area contributed by atoms with Crippen LogP contribution in [0.1, 0.15) is 11.1 Å². The van der Waals surface area contributed by atoms with Gasteiger partial charge >= 0.3 is 0 Å². The first kappa shape index (κ1) is 9.21. The van der Waals surface area contributed by atoms with Crippen molar-refractivity contribution in [3.05, 3.63) is 29.3 Å². The van der Waals surface area contributed by atoms with E-state index in [1.807, 2.05) is 19.1 Å². The van der Waals surface area contributed by atoms with Gasteiger partial charge in [0, 0.05) is 0 Å². The first-order valence-electron chi connectivity index (χ1n) is 3.69. The van der Waals surface area contributed by atoms with E-state index in [0.717, 1.165) is 23.3 Å². The molecule has 12 heavy (non-hydrogen) atoms. The number of carbonyl (C=O) groups excluding carboxylic acids is 1. The largest absolute Gasteiger partial charge is 0.508 e. The van der Waals surface area contributed by atoms with Crippen molar-refractivity contribution >= 4 is 14.6 Å². The summed E-state index contributed by atoms with van der Waals surface area (Å²) in [5.41, 5.74) is 1.97. The van der Waals surface area contributed by atoms with Crippen molar-refractivity contribution in [2.45, 2.75) is 13.1 Å². The number of carbonyl (C=O) groups is 1. The summed E-state index contributed by atoms with van der Waals surface area (Å²) in [6.07, 6.45) is 0.782. The van der Waals surface area contributed by atoms with E-state index in [1.165, 1.54) is 0 Å². The molecule has 0 amide bonds. The van der Waals surface area contributed by atoms with Gasteiger partial charge in [0.25, 0.3) is 0 Å². The standard InChI is InChI=1S/C9H11O2P/c1-7-4-8(5-12-6-10)2-3-9(7)11/h2-4,6,11-12H,5H2,1H3. The summed E-state index contributed by atoms with van der Waals surface area (Å²) in [5, 5.41) is 9.20. The molecule has 0 fully saturated rings. The zero-order chi connectivity index (χ0) is 8.97. The van der Waals surface area contributed by atoms with Crippen molar-refractivity contribution in [2.24, 2.45) is 0 Å². The number of aryl methyl sites for hydroxylation is 1. The van der Waals surface area contributed by atoms with Crippen LogP contribution in [0.25, 0.3) is 0 Å². The lowest BCUT2D eigenvalue weighted by Crippen LogP contribution is -1.81. The summed E-state index contributed by atoms with van der Waals surface area (Å²) in [7, 11) is 0.323. The number of hydrogen-bond acceptors (Lipinski definition) is 2. The molecule has 0 aliphatic rings. The van der Waals surface area contributed by atoms with Crippen LogP contribution in [0.2, 0.25) is 0 Å². The molecule has 0 saturated carbocycles. The summed E-state index contributed by atoms with van der Waals surface area (Å²) in [6.45, 7) is 1.85. The molecule has 1 aromatic carbocycles. The molecule has 1 atom stereocenters. The molecule has 0 spiro atoms. The monoisotopic (exact) mass is 182 g/mol. The lowest BCUT2D eigenvalue weighted by atomic mass is 10.1. The predicted octanol–water partition coefficient (Wildman–Crippen LogP) is 2.07. The Morgan fingerprint density at radius 2 is 2.33 bits per heavy atom. The minimum atomic E-state index is 0.313. The first-order chi connectivity index (χ1) is 5.74. The van der Waals surface area contributed by atoms with Crippen LogP contribution < -0.4 is 0 Å². The Kier molecular flexibility index (Phi) is 3.24. The van der Waals surface area contributed by atoms with Crippen LogP contribution in [-0.4, -0.2) is 11.1 Å². The van der Waals surface area contributed by atoms with Crippen molar-refractivity contribution < 1.29 is 9.90 Å². The molecule has 1 N–H and O–H groups in total. The van der Waals surface area contributed by atoms with Crippen LogP contribution in [0.5, 0.6) is 5.75 Å². The maximum Gasteiger partial charge on any atom is 0.139 e. The molecule has 64 valence electrons. The van der Waals surface area contributed by atoms with Gasteiger partial charge in [-0.1, -0.05) is 12.1 Å². The molecule has 0 aliphatic carbocycles. The van der Waals surface area contributed by atoms with Crippen molar-refractivity contribution in [1.29, 1.82) is 0 Å². The summed E-state index contributed by atoms with van der Waals surface area (Å²) >= 11 is 0. The summed E-state index contributed by atoms with van der Waals surface area (Å²) in [6, 6.07) is 6.35. The number of rotatable bonds is 3. The fraction of sp³-hybridized carbons (Fsp3) is 0.222. The summed E-state index contributed by atoms with van der Waals surface area (Å²) in [4.78, 5) is 10.1. The van der Waals surface area contributed by atoms with E-state index in [-0.39, 0.29) is 0 Å². The van der Waals surface area contributed by atoms with Crippen molar-refractivity contribution in [3.8, 4) is 5.75 Å². The third kappa shape index (κ3) is 2.31. The van der Waals surface area contributed by atoms with Gasteiger partial charge in [-0.05, 0) is 38.9 Å². The molecule has 2 nitrogen and oxygen atoms in total. The van der Waals surface area contributed by atoms with Crippen LogP contribution in [0.4, 0.5) is 0 Å². The quantitative estimate of drug-likeness (QED) is 0.574. The molecule has 1 unspecified atom stereocenters. The second-order valence-corrected chi connectivity index (χ2v) is 3.62. The van der Waals surface area contributed by atoms with Gasteiger partial charge in [0.1, 0.15) is 11.8 Å². The van der Waals surface area contributed by atoms with Gasteiger partial charge < -0.3 is 5.11 Å². The molecular formula is C9H11O2P. The number of hydrogen-bond donors (Lipinski definition) is 1. The Labute approximate surface area is 73.4 Å². The molecule has 0 heterocycles. The fourth-order valence-electron chi connectivity index (χ4n) is 0.987. The highest BCUT2D eigenvalue weighted by Gasteiger charge is 1.97. The van der Waals surface area contributed by atoms with Crippen LogP contribution in [0, 0.1) is 6.92 Å². The number of aromatic hydroxyl groups is 1. The van der Waals surface area contributed by atoms with E-state index >= 15 is 0 Å². The zero-order valence-electron chi connectivity index (χ0n) is 6.87. The van der Waals surface area contributed by atoms with Gasteiger partial charge in [0.2, 0.25) is 0 Å². The van der Waals surface area contributed by atoms with Crippen LogP contribution in [-0.2, 0) is 11.0 Å². The van der Waals surface area contributed by atoms with Crippen molar-refractivity contribution in [2.75, 3.05) is 0 Å². The number of benzene rings is 1. The van der Waals surface area contributed by atoms with Crippen LogP contribution in [0.15, 0.2) is 18.2 Å². The molecule has 1 rings (SSSR count). The maximum absolute atomic E-state index is 10.1. The highest BCUT2D eigenvalue weighted by atomic mass is 31.1. The summed E-state index contributed by atoms with van der Waals surface area (Å²) in [5.74, 6) is 0.313. The molecule has 0 aliphatic heterocycles. The van der Waals surface area contributed by atoms with E-state index in [2.05, 4.69) is 0 Å². The second-order valence-electron chi connectivity index (χ2n) is 2.62. The Bertz CT molecular complexity index is 284. The Morgan fingerprint density at radius 3 is 2.92 bits per heavy atom. The molecule has 0 radical (unpaired) electrons. The third-order valence-electron chi connectivity index (χ3n) is 1.65. The van der Waals surface area contributed by atoms with E-state index in [9.17, 15) is 9.90 Å². The van der Waals surface area contributed by atoms with Gasteiger partial charge in [-0.2, -0.15) is 0 Å². The smallest absolute Gasteiger partial charge is 0.139 e. The zero-order valence-corrected chi connectivity index (χ0v) is 7.87. The van der Waals surface area contributed by atoms with E-state index in [1.54, 1.807) is 6.07 Å². The molecule has 0 aromatic heterocycles. The molecule has 0 bridgehead atoms. The van der Waals surface area contributed by atoms with Crippen LogP contribution in [0.3, 0.4) is 0 Å². The Hall–Kier alpha value is -0.880. The minimum absolute atomic E-state index is 0.313. The highest BCUT2D eigenvalue weighted by Crippen LogP contribution is 2.21. The van der Waals surface area contributed by atoms with Crippen molar-refractivity contribution in [3.63, 3.8) is 0 Å². The highest BCUT2D eigenvalue weighted by molar-refractivity contribution is 7.54. The van der Waals surface area contributed by atoms with E-state index in [4.69, 9.17) is 0 Å². The topological polar surface area (TPSA) is 37.3 Å². The van der Waals surface area contributed by atoms with Crippen molar-refractivity contribution in [1.82, 2.24) is 0 Å². The number of phenolic OH excluding ortho intramolecular Hbond substituents is 1. The average molecular weight is 182 g/mol. The molecular weight excluding hydrogens is 171 g/mol. The SMILES string of the molecule is Cc1cc(CPC=O)ccc1O. The molecule has 1 aromatic rings. The molecule has 3 heteroatoms. The fourth-order valence-corrected chi connectivity index (χ4v) is 1.53. The lowest BCUT2D eigenvalue weighted by molar-refractivity contribution is 0.471.